The number of rotatable bonds is 4. The van der Waals surface area contributed by atoms with Gasteiger partial charge in [0, 0.05) is 5.56 Å². The minimum absolute atomic E-state index is 0.183. The van der Waals surface area contributed by atoms with Crippen LogP contribution in [0.25, 0.3) is 0 Å². The molecule has 18 heavy (non-hydrogen) atoms. The predicted molar refractivity (Wildman–Crippen MR) is 57.0 cm³/mol. The molecule has 0 aromatic heterocycles. The van der Waals surface area contributed by atoms with Crippen LogP contribution in [0, 0.1) is 21.4 Å². The molecule has 0 saturated carbocycles. The molecular formula is C10H8N2O6. The van der Waals surface area contributed by atoms with Gasteiger partial charge in [0.15, 0.2) is 11.9 Å². The van der Waals surface area contributed by atoms with Crippen molar-refractivity contribution in [3.05, 3.63) is 33.4 Å². The van der Waals surface area contributed by atoms with Gasteiger partial charge in [-0.1, -0.05) is 6.07 Å². The lowest BCUT2D eigenvalue weighted by Crippen LogP contribution is -2.13. The molecule has 0 heterocycles. The summed E-state index contributed by atoms with van der Waals surface area (Å²) in [6.07, 6.45) is -2.01. The van der Waals surface area contributed by atoms with Gasteiger partial charge in [0.1, 0.15) is 11.6 Å². The monoisotopic (exact) mass is 252 g/mol. The first kappa shape index (κ1) is 13.4. The lowest BCUT2D eigenvalue weighted by Gasteiger charge is -2.10. The number of carboxylic acid groups (broad SMARTS) is 1. The van der Waals surface area contributed by atoms with Crippen molar-refractivity contribution in [2.75, 3.05) is 7.11 Å². The molecule has 0 aliphatic rings. The second-order valence-corrected chi connectivity index (χ2v) is 3.19. The lowest BCUT2D eigenvalue weighted by atomic mass is 10.0. The van der Waals surface area contributed by atoms with Crippen LogP contribution in [0.3, 0.4) is 0 Å². The topological polar surface area (TPSA) is 134 Å². The average Bonchev–Trinajstić information content (AvgIpc) is 2.35. The number of carboxylic acids is 1. The van der Waals surface area contributed by atoms with Crippen LogP contribution in [-0.4, -0.2) is 28.2 Å². The van der Waals surface area contributed by atoms with Crippen LogP contribution in [0.1, 0.15) is 17.2 Å². The van der Waals surface area contributed by atoms with E-state index in [0.29, 0.717) is 0 Å². The number of nitriles is 1. The fraction of sp³-hybridized carbons (Fsp3) is 0.200. The van der Waals surface area contributed by atoms with E-state index >= 15 is 0 Å². The molecule has 0 fully saturated rings. The second-order valence-electron chi connectivity index (χ2n) is 3.19. The van der Waals surface area contributed by atoms with Gasteiger partial charge in [0.05, 0.1) is 12.0 Å². The van der Waals surface area contributed by atoms with Crippen molar-refractivity contribution < 1.29 is 24.7 Å². The predicted octanol–water partition coefficient (Wildman–Crippen LogP) is 0.593. The maximum atomic E-state index is 10.9. The molecule has 0 aliphatic heterocycles. The summed E-state index contributed by atoms with van der Waals surface area (Å²) in [5.41, 5.74) is -1.55. The van der Waals surface area contributed by atoms with Crippen LogP contribution < -0.4 is 4.74 Å². The van der Waals surface area contributed by atoms with Crippen LogP contribution in [0.5, 0.6) is 5.75 Å². The number of carbonyl (C=O) groups is 1. The van der Waals surface area contributed by atoms with E-state index in [1.54, 1.807) is 0 Å². The third-order valence-electron chi connectivity index (χ3n) is 2.22. The summed E-state index contributed by atoms with van der Waals surface area (Å²) >= 11 is 0. The summed E-state index contributed by atoms with van der Waals surface area (Å²) in [6.45, 7) is 0. The molecule has 0 aliphatic carbocycles. The molecule has 1 unspecified atom stereocenters. The Bertz CT molecular complexity index is 548. The molecule has 1 rings (SSSR count). The molecule has 0 amide bonds. The van der Waals surface area contributed by atoms with Crippen molar-refractivity contribution >= 4 is 11.7 Å². The average molecular weight is 252 g/mol. The number of aliphatic carboxylic acids is 1. The Balaban J connectivity index is 3.59. The van der Waals surface area contributed by atoms with Crippen molar-refractivity contribution in [2.24, 2.45) is 0 Å². The van der Waals surface area contributed by atoms with Crippen LogP contribution in [0.15, 0.2) is 12.1 Å². The Hall–Kier alpha value is -2.66. The molecule has 0 radical (unpaired) electrons. The standard InChI is InChI=1S/C10H8N2O6/c1-18-7-3-2-5(9(13)10(14)15)6(4-11)8(7)12(16)17/h2-3,9,13H,1H3,(H,14,15). The van der Waals surface area contributed by atoms with Crippen LogP contribution in [0.2, 0.25) is 0 Å². The minimum Gasteiger partial charge on any atom is -0.490 e. The van der Waals surface area contributed by atoms with Gasteiger partial charge in [-0.05, 0) is 6.07 Å². The molecule has 1 aromatic rings. The molecule has 8 nitrogen and oxygen atoms in total. The summed E-state index contributed by atoms with van der Waals surface area (Å²) in [7, 11) is 1.18. The van der Waals surface area contributed by atoms with Crippen molar-refractivity contribution in [1.82, 2.24) is 0 Å². The summed E-state index contributed by atoms with van der Waals surface area (Å²) in [6, 6.07) is 3.74. The van der Waals surface area contributed by atoms with Gasteiger partial charge in [-0.3, -0.25) is 10.1 Å². The number of ether oxygens (including phenoxy) is 1. The quantitative estimate of drug-likeness (QED) is 0.591. The summed E-state index contributed by atoms with van der Waals surface area (Å²) in [5, 5.41) is 37.8. The zero-order valence-corrected chi connectivity index (χ0v) is 9.15. The number of hydrogen-bond donors (Lipinski definition) is 2. The summed E-state index contributed by atoms with van der Waals surface area (Å²) in [4.78, 5) is 20.6. The number of aliphatic hydroxyl groups is 1. The number of nitrogens with zero attached hydrogens (tertiary/aromatic N) is 2. The molecule has 0 bridgehead atoms. The second kappa shape index (κ2) is 5.11. The zero-order valence-electron chi connectivity index (χ0n) is 9.15. The van der Waals surface area contributed by atoms with E-state index in [0.717, 1.165) is 12.1 Å². The van der Waals surface area contributed by atoms with Gasteiger partial charge in [0.25, 0.3) is 0 Å². The maximum absolute atomic E-state index is 10.9. The SMILES string of the molecule is COc1ccc(C(O)C(=O)O)c(C#N)c1[N+](=O)[O-]. The van der Waals surface area contributed by atoms with Crippen molar-refractivity contribution in [3.63, 3.8) is 0 Å². The van der Waals surface area contributed by atoms with Gasteiger partial charge >= 0.3 is 11.7 Å². The van der Waals surface area contributed by atoms with Crippen LogP contribution in [-0.2, 0) is 4.79 Å². The smallest absolute Gasteiger partial charge is 0.337 e. The number of hydrogen-bond acceptors (Lipinski definition) is 6. The van der Waals surface area contributed by atoms with Gasteiger partial charge in [-0.2, -0.15) is 5.26 Å². The number of benzene rings is 1. The Morgan fingerprint density at radius 3 is 2.61 bits per heavy atom. The fourth-order valence-electron chi connectivity index (χ4n) is 1.41. The highest BCUT2D eigenvalue weighted by molar-refractivity contribution is 5.77. The molecule has 1 aromatic carbocycles. The molecule has 94 valence electrons. The highest BCUT2D eigenvalue weighted by Gasteiger charge is 2.29. The van der Waals surface area contributed by atoms with E-state index in [-0.39, 0.29) is 11.3 Å². The van der Waals surface area contributed by atoms with Gasteiger partial charge in [-0.25, -0.2) is 4.79 Å². The van der Waals surface area contributed by atoms with E-state index in [9.17, 15) is 20.0 Å². The number of methoxy groups -OCH3 is 1. The first-order valence-corrected chi connectivity index (χ1v) is 4.60. The van der Waals surface area contributed by atoms with E-state index in [1.165, 1.54) is 13.2 Å². The van der Waals surface area contributed by atoms with Gasteiger partial charge in [-0.15, -0.1) is 0 Å². The van der Waals surface area contributed by atoms with Crippen LogP contribution >= 0.6 is 0 Å². The molecule has 0 saturated heterocycles. The summed E-state index contributed by atoms with van der Waals surface area (Å²) < 4.78 is 4.72. The van der Waals surface area contributed by atoms with Crippen molar-refractivity contribution in [2.45, 2.75) is 6.10 Å². The highest BCUT2D eigenvalue weighted by atomic mass is 16.6. The third kappa shape index (κ3) is 2.21. The minimum atomic E-state index is -2.01. The first-order valence-electron chi connectivity index (χ1n) is 4.60. The molecule has 1 atom stereocenters. The number of nitro groups is 1. The highest BCUT2D eigenvalue weighted by Crippen LogP contribution is 2.35. The molecule has 2 N–H and O–H groups in total. The summed E-state index contributed by atoms with van der Waals surface area (Å²) in [5.74, 6) is -1.79. The number of aliphatic hydroxyl groups excluding tert-OH is 1. The van der Waals surface area contributed by atoms with E-state index in [4.69, 9.17) is 15.1 Å². The Labute approximate surface area is 101 Å². The largest absolute Gasteiger partial charge is 0.490 e. The van der Waals surface area contributed by atoms with E-state index in [2.05, 4.69) is 0 Å². The van der Waals surface area contributed by atoms with E-state index < -0.39 is 28.2 Å². The first-order chi connectivity index (χ1) is 8.43. The maximum Gasteiger partial charge on any atom is 0.337 e. The van der Waals surface area contributed by atoms with Crippen molar-refractivity contribution in [3.8, 4) is 11.8 Å². The Morgan fingerprint density at radius 2 is 2.22 bits per heavy atom. The number of nitro benzene ring substituents is 1. The Kier molecular flexibility index (Phi) is 3.81. The molecule has 8 heteroatoms. The van der Waals surface area contributed by atoms with Crippen LogP contribution in [0.4, 0.5) is 5.69 Å². The van der Waals surface area contributed by atoms with Crippen molar-refractivity contribution in [1.29, 1.82) is 5.26 Å². The molecule has 0 spiro atoms. The van der Waals surface area contributed by atoms with Gasteiger partial charge < -0.3 is 14.9 Å². The zero-order chi connectivity index (χ0) is 13.9. The third-order valence-corrected chi connectivity index (χ3v) is 2.22. The fourth-order valence-corrected chi connectivity index (χ4v) is 1.41. The Morgan fingerprint density at radius 1 is 1.61 bits per heavy atom. The normalized spacial score (nSPS) is 11.4. The lowest BCUT2D eigenvalue weighted by molar-refractivity contribution is -0.386. The van der Waals surface area contributed by atoms with E-state index in [1.807, 2.05) is 0 Å². The molecular weight excluding hydrogens is 244 g/mol. The van der Waals surface area contributed by atoms with Gasteiger partial charge in [0.2, 0.25) is 0 Å².